The Labute approximate surface area is 229 Å². The molecule has 196 valence electrons. The fourth-order valence-electron chi connectivity index (χ4n) is 4.86. The summed E-state index contributed by atoms with van der Waals surface area (Å²) in [5, 5.41) is 37.8. The van der Waals surface area contributed by atoms with Crippen molar-refractivity contribution in [3.63, 3.8) is 0 Å². The maximum atomic E-state index is 10.5. The molecule has 3 atom stereocenters. The molecule has 0 aliphatic carbocycles. The first-order valence-electron chi connectivity index (χ1n) is 12.9. The van der Waals surface area contributed by atoms with Crippen molar-refractivity contribution in [1.82, 2.24) is 29.5 Å². The normalized spacial score (nSPS) is 13.9. The Kier molecular flexibility index (Phi) is 8.49. The van der Waals surface area contributed by atoms with Crippen molar-refractivity contribution in [3.05, 3.63) is 95.1 Å². The first kappa shape index (κ1) is 27.2. The van der Waals surface area contributed by atoms with Gasteiger partial charge < -0.3 is 0 Å². The standard InChI is InChI=1S/C30H31N9/c1-22(13-31)4-24-6-26(9-27(7-24)15-38-20-34-18-36-38)12-30(3,17-33)29-10-25(5-23(2)14-32)8-28(11-29)16-39-21-35-19-37-39/h6-11,18-23H,4-5,12,15-16H2,1-3H3/t22-,23-,30-/m0/s1. The van der Waals surface area contributed by atoms with E-state index in [1.54, 1.807) is 22.0 Å². The van der Waals surface area contributed by atoms with Gasteiger partial charge in [0.15, 0.2) is 0 Å². The SMILES string of the molecule is C[C@H](C#N)Cc1cc(Cn2cncn2)cc(C[C@@](C)(C#N)c2cc(C[C@H](C)C#N)cc(Cn3cncn3)c2)c1. The highest BCUT2D eigenvalue weighted by atomic mass is 15.3. The van der Waals surface area contributed by atoms with Crippen molar-refractivity contribution in [2.75, 3.05) is 0 Å². The molecule has 2 aromatic heterocycles. The fraction of sp³-hybridized carbons (Fsp3) is 0.367. The average Bonchev–Trinajstić information content (AvgIpc) is 3.62. The van der Waals surface area contributed by atoms with E-state index in [0.717, 1.165) is 33.4 Å². The summed E-state index contributed by atoms with van der Waals surface area (Å²) in [5.41, 5.74) is 5.21. The number of rotatable bonds is 11. The molecule has 0 saturated heterocycles. The van der Waals surface area contributed by atoms with Gasteiger partial charge in [-0.05, 0) is 73.4 Å². The Balaban J connectivity index is 1.72. The van der Waals surface area contributed by atoms with Gasteiger partial charge in [-0.15, -0.1) is 0 Å². The quantitative estimate of drug-likeness (QED) is 0.288. The monoisotopic (exact) mass is 517 g/mol. The van der Waals surface area contributed by atoms with Crippen LogP contribution in [0.25, 0.3) is 0 Å². The van der Waals surface area contributed by atoms with Gasteiger partial charge in [-0.3, -0.25) is 0 Å². The second-order valence-corrected chi connectivity index (χ2v) is 10.5. The predicted molar refractivity (Wildman–Crippen MR) is 145 cm³/mol. The van der Waals surface area contributed by atoms with Gasteiger partial charge in [0.05, 0.1) is 36.7 Å². The molecule has 0 amide bonds. The zero-order chi connectivity index (χ0) is 27.8. The van der Waals surface area contributed by atoms with E-state index in [-0.39, 0.29) is 11.8 Å². The Morgan fingerprint density at radius 3 is 1.67 bits per heavy atom. The molecular formula is C30H31N9. The molecule has 4 aromatic rings. The largest absolute Gasteiger partial charge is 0.249 e. The van der Waals surface area contributed by atoms with Crippen LogP contribution in [0.15, 0.2) is 61.7 Å². The van der Waals surface area contributed by atoms with Crippen LogP contribution in [0.3, 0.4) is 0 Å². The van der Waals surface area contributed by atoms with Gasteiger partial charge in [0.1, 0.15) is 25.3 Å². The van der Waals surface area contributed by atoms with Crippen LogP contribution >= 0.6 is 0 Å². The Morgan fingerprint density at radius 1 is 0.718 bits per heavy atom. The molecule has 0 aliphatic rings. The Morgan fingerprint density at radius 2 is 1.18 bits per heavy atom. The maximum Gasteiger partial charge on any atom is 0.137 e. The van der Waals surface area contributed by atoms with Gasteiger partial charge in [0, 0.05) is 11.8 Å². The van der Waals surface area contributed by atoms with E-state index in [9.17, 15) is 15.8 Å². The molecule has 2 aromatic carbocycles. The summed E-state index contributed by atoms with van der Waals surface area (Å²) in [6, 6.07) is 19.7. The molecule has 9 heteroatoms. The van der Waals surface area contributed by atoms with Crippen LogP contribution in [0.2, 0.25) is 0 Å². The van der Waals surface area contributed by atoms with Crippen LogP contribution in [0, 0.1) is 45.8 Å². The zero-order valence-corrected chi connectivity index (χ0v) is 22.5. The lowest BCUT2D eigenvalue weighted by Gasteiger charge is -2.25. The molecule has 0 spiro atoms. The van der Waals surface area contributed by atoms with Crippen LogP contribution in [-0.2, 0) is 37.8 Å². The van der Waals surface area contributed by atoms with Crippen LogP contribution in [0.5, 0.6) is 0 Å². The van der Waals surface area contributed by atoms with Crippen molar-refractivity contribution in [2.45, 2.75) is 58.5 Å². The van der Waals surface area contributed by atoms with E-state index >= 15 is 0 Å². The van der Waals surface area contributed by atoms with E-state index in [1.165, 1.54) is 12.7 Å². The van der Waals surface area contributed by atoms with Gasteiger partial charge in [0.25, 0.3) is 0 Å². The summed E-state index contributed by atoms with van der Waals surface area (Å²) >= 11 is 0. The molecule has 9 nitrogen and oxygen atoms in total. The second kappa shape index (κ2) is 12.2. The highest BCUT2D eigenvalue weighted by molar-refractivity contribution is 5.42. The van der Waals surface area contributed by atoms with Crippen LogP contribution in [-0.4, -0.2) is 29.5 Å². The second-order valence-electron chi connectivity index (χ2n) is 10.5. The average molecular weight is 518 g/mol. The fourth-order valence-corrected chi connectivity index (χ4v) is 4.86. The number of hydrogen-bond donors (Lipinski definition) is 0. The van der Waals surface area contributed by atoms with E-state index in [1.807, 2.05) is 20.8 Å². The van der Waals surface area contributed by atoms with Gasteiger partial charge in [-0.2, -0.15) is 26.0 Å². The van der Waals surface area contributed by atoms with Crippen LogP contribution in [0.1, 0.15) is 54.2 Å². The summed E-state index contributed by atoms with van der Waals surface area (Å²) in [7, 11) is 0. The summed E-state index contributed by atoms with van der Waals surface area (Å²) < 4.78 is 3.51. The number of aromatic nitrogens is 6. The summed E-state index contributed by atoms with van der Waals surface area (Å²) in [6.07, 6.45) is 8.06. The molecule has 39 heavy (non-hydrogen) atoms. The minimum atomic E-state index is -0.826. The highest BCUT2D eigenvalue weighted by Gasteiger charge is 2.28. The minimum Gasteiger partial charge on any atom is -0.249 e. The van der Waals surface area contributed by atoms with Gasteiger partial charge in [0.2, 0.25) is 0 Å². The van der Waals surface area contributed by atoms with Gasteiger partial charge in [-0.25, -0.2) is 19.3 Å². The lowest BCUT2D eigenvalue weighted by molar-refractivity contribution is 0.598. The number of benzene rings is 2. The van der Waals surface area contributed by atoms with Crippen LogP contribution in [0.4, 0.5) is 0 Å². The highest BCUT2D eigenvalue weighted by Crippen LogP contribution is 2.31. The smallest absolute Gasteiger partial charge is 0.137 e. The van der Waals surface area contributed by atoms with Crippen molar-refractivity contribution >= 4 is 0 Å². The third kappa shape index (κ3) is 7.15. The van der Waals surface area contributed by atoms with E-state index in [2.05, 4.69) is 74.8 Å². The molecule has 0 N–H and O–H groups in total. The molecule has 0 unspecified atom stereocenters. The predicted octanol–water partition coefficient (Wildman–Crippen LogP) is 4.39. The van der Waals surface area contributed by atoms with E-state index in [4.69, 9.17) is 0 Å². The lowest BCUT2D eigenvalue weighted by atomic mass is 9.76. The maximum absolute atomic E-state index is 10.5. The van der Waals surface area contributed by atoms with E-state index < -0.39 is 5.41 Å². The summed E-state index contributed by atoms with van der Waals surface area (Å²) in [6.45, 7) is 6.84. The Hall–Kier alpha value is -4.81. The van der Waals surface area contributed by atoms with Crippen LogP contribution < -0.4 is 0 Å². The molecule has 4 rings (SSSR count). The topological polar surface area (TPSA) is 133 Å². The lowest BCUT2D eigenvalue weighted by Crippen LogP contribution is -2.24. The van der Waals surface area contributed by atoms with E-state index in [0.29, 0.717) is 32.4 Å². The molecular weight excluding hydrogens is 486 g/mol. The van der Waals surface area contributed by atoms with Crippen molar-refractivity contribution in [1.29, 1.82) is 15.8 Å². The van der Waals surface area contributed by atoms with Crippen molar-refractivity contribution < 1.29 is 0 Å². The molecule has 0 radical (unpaired) electrons. The number of hydrogen-bond acceptors (Lipinski definition) is 7. The molecule has 0 fully saturated rings. The van der Waals surface area contributed by atoms with Gasteiger partial charge in [-0.1, -0.05) is 36.4 Å². The van der Waals surface area contributed by atoms with Crippen molar-refractivity contribution in [2.24, 2.45) is 11.8 Å². The Bertz CT molecular complexity index is 1520. The minimum absolute atomic E-state index is 0.125. The first-order chi connectivity index (χ1) is 18.8. The first-order valence-corrected chi connectivity index (χ1v) is 12.9. The zero-order valence-electron chi connectivity index (χ0n) is 22.5. The van der Waals surface area contributed by atoms with Crippen molar-refractivity contribution in [3.8, 4) is 18.2 Å². The molecule has 0 bridgehead atoms. The molecule has 0 saturated carbocycles. The summed E-state index contributed by atoms with van der Waals surface area (Å²) in [4.78, 5) is 8.08. The number of nitrogens with zero attached hydrogens (tertiary/aromatic N) is 9. The summed E-state index contributed by atoms with van der Waals surface area (Å²) in [5.74, 6) is -0.272. The van der Waals surface area contributed by atoms with Gasteiger partial charge >= 0.3 is 0 Å². The third-order valence-corrected chi connectivity index (χ3v) is 6.75. The molecule has 0 aliphatic heterocycles. The molecule has 2 heterocycles. The third-order valence-electron chi connectivity index (χ3n) is 6.75. The number of nitriles is 3.